The van der Waals surface area contributed by atoms with Crippen LogP contribution in [0.4, 0.5) is 0 Å². The van der Waals surface area contributed by atoms with Crippen LogP contribution in [0.25, 0.3) is 11.3 Å². The van der Waals surface area contributed by atoms with Crippen molar-refractivity contribution in [3.05, 3.63) is 41.0 Å². The summed E-state index contributed by atoms with van der Waals surface area (Å²) in [6.45, 7) is 2.43. The lowest BCUT2D eigenvalue weighted by Crippen LogP contribution is -2.44. The number of nitrogens with zero attached hydrogens (tertiary/aromatic N) is 3. The SMILES string of the molecule is C[C@@H](Cn1ccc(-c2ccc(C#N)c(Cl)c2)n1)NC(=O)C1CC(=O)C1. The van der Waals surface area contributed by atoms with E-state index in [-0.39, 0.29) is 23.7 Å². The number of carbonyl (C=O) groups is 2. The van der Waals surface area contributed by atoms with Crippen LogP contribution >= 0.6 is 11.6 Å². The first-order chi connectivity index (χ1) is 12.0. The van der Waals surface area contributed by atoms with Crippen molar-refractivity contribution in [2.24, 2.45) is 5.92 Å². The van der Waals surface area contributed by atoms with Gasteiger partial charge in [-0.1, -0.05) is 17.7 Å². The summed E-state index contributed by atoms with van der Waals surface area (Å²) >= 11 is 6.06. The fourth-order valence-electron chi connectivity index (χ4n) is 2.74. The number of nitrogens with one attached hydrogen (secondary N) is 1. The number of rotatable bonds is 5. The number of nitriles is 1. The lowest BCUT2D eigenvalue weighted by molar-refractivity contribution is -0.138. The van der Waals surface area contributed by atoms with Gasteiger partial charge in [-0.05, 0) is 25.1 Å². The summed E-state index contributed by atoms with van der Waals surface area (Å²) in [6.07, 6.45) is 2.53. The van der Waals surface area contributed by atoms with Gasteiger partial charge in [0.25, 0.3) is 0 Å². The predicted octanol–water partition coefficient (Wildman–Crippen LogP) is 2.56. The number of ketones is 1. The van der Waals surface area contributed by atoms with Gasteiger partial charge in [-0.3, -0.25) is 14.3 Å². The van der Waals surface area contributed by atoms with Gasteiger partial charge in [-0.25, -0.2) is 0 Å². The summed E-state index contributed by atoms with van der Waals surface area (Å²) in [6, 6.07) is 8.97. The van der Waals surface area contributed by atoms with Gasteiger partial charge in [0, 0.05) is 30.6 Å². The molecular weight excluding hydrogens is 340 g/mol. The van der Waals surface area contributed by atoms with E-state index < -0.39 is 0 Å². The van der Waals surface area contributed by atoms with E-state index in [0.29, 0.717) is 30.0 Å². The van der Waals surface area contributed by atoms with Crippen molar-refractivity contribution in [2.45, 2.75) is 32.4 Å². The maximum Gasteiger partial charge on any atom is 0.224 e. The second-order valence-electron chi connectivity index (χ2n) is 6.28. The molecule has 0 saturated heterocycles. The summed E-state index contributed by atoms with van der Waals surface area (Å²) in [5.74, 6) is -0.104. The molecule has 1 atom stereocenters. The summed E-state index contributed by atoms with van der Waals surface area (Å²) in [5.41, 5.74) is 2.00. The average molecular weight is 357 g/mol. The average Bonchev–Trinajstić information content (AvgIpc) is 2.99. The van der Waals surface area contributed by atoms with Gasteiger partial charge in [-0.15, -0.1) is 0 Å². The molecule has 0 unspecified atom stereocenters. The quantitative estimate of drug-likeness (QED) is 0.891. The van der Waals surface area contributed by atoms with E-state index in [1.807, 2.05) is 25.3 Å². The molecule has 6 nitrogen and oxygen atoms in total. The molecule has 1 aliphatic rings. The van der Waals surface area contributed by atoms with Gasteiger partial charge >= 0.3 is 0 Å². The second kappa shape index (κ2) is 7.08. The number of benzene rings is 1. The van der Waals surface area contributed by atoms with Crippen LogP contribution in [-0.2, 0) is 16.1 Å². The molecule has 7 heteroatoms. The Morgan fingerprint density at radius 1 is 1.48 bits per heavy atom. The van der Waals surface area contributed by atoms with Gasteiger partial charge in [0.15, 0.2) is 0 Å². The van der Waals surface area contributed by atoms with Crippen LogP contribution in [0, 0.1) is 17.2 Å². The van der Waals surface area contributed by atoms with E-state index in [4.69, 9.17) is 16.9 Å². The Morgan fingerprint density at radius 2 is 2.24 bits per heavy atom. The molecule has 0 spiro atoms. The molecule has 1 fully saturated rings. The first-order valence-electron chi connectivity index (χ1n) is 8.02. The molecule has 1 aromatic carbocycles. The number of carbonyl (C=O) groups excluding carboxylic acids is 2. The van der Waals surface area contributed by atoms with Crippen LogP contribution in [0.15, 0.2) is 30.5 Å². The van der Waals surface area contributed by atoms with E-state index in [1.165, 1.54) is 0 Å². The number of halogens is 1. The molecule has 1 aliphatic carbocycles. The molecule has 3 rings (SSSR count). The summed E-state index contributed by atoms with van der Waals surface area (Å²) < 4.78 is 1.75. The number of amides is 1. The van der Waals surface area contributed by atoms with Gasteiger partial charge < -0.3 is 5.32 Å². The van der Waals surface area contributed by atoms with Crippen LogP contribution in [-0.4, -0.2) is 27.5 Å². The zero-order valence-corrected chi connectivity index (χ0v) is 14.5. The first-order valence-corrected chi connectivity index (χ1v) is 8.39. The molecule has 25 heavy (non-hydrogen) atoms. The van der Waals surface area contributed by atoms with Gasteiger partial charge in [0.2, 0.25) is 5.91 Å². The van der Waals surface area contributed by atoms with Crippen molar-refractivity contribution in [1.82, 2.24) is 15.1 Å². The van der Waals surface area contributed by atoms with Crippen molar-refractivity contribution in [3.63, 3.8) is 0 Å². The highest BCUT2D eigenvalue weighted by molar-refractivity contribution is 6.32. The molecule has 0 radical (unpaired) electrons. The van der Waals surface area contributed by atoms with E-state index in [9.17, 15) is 9.59 Å². The highest BCUT2D eigenvalue weighted by atomic mass is 35.5. The molecule has 0 bridgehead atoms. The zero-order valence-electron chi connectivity index (χ0n) is 13.7. The van der Waals surface area contributed by atoms with E-state index in [1.54, 1.807) is 22.9 Å². The second-order valence-corrected chi connectivity index (χ2v) is 6.69. The van der Waals surface area contributed by atoms with Gasteiger partial charge in [0.05, 0.1) is 28.7 Å². The Bertz CT molecular complexity index is 860. The highest BCUT2D eigenvalue weighted by Gasteiger charge is 2.33. The minimum atomic E-state index is -0.177. The number of hydrogen-bond donors (Lipinski definition) is 1. The maximum absolute atomic E-state index is 12.0. The lowest BCUT2D eigenvalue weighted by Gasteiger charge is -2.25. The van der Waals surface area contributed by atoms with Crippen LogP contribution in [0.3, 0.4) is 0 Å². The Morgan fingerprint density at radius 3 is 2.88 bits per heavy atom. The molecule has 0 aliphatic heterocycles. The monoisotopic (exact) mass is 356 g/mol. The minimum Gasteiger partial charge on any atom is -0.352 e. The molecule has 1 aromatic heterocycles. The molecule has 1 saturated carbocycles. The number of hydrogen-bond acceptors (Lipinski definition) is 4. The van der Waals surface area contributed by atoms with Crippen LogP contribution < -0.4 is 5.32 Å². The number of aromatic nitrogens is 2. The predicted molar refractivity (Wildman–Crippen MR) is 92.7 cm³/mol. The molecule has 2 aromatic rings. The third kappa shape index (κ3) is 3.89. The summed E-state index contributed by atoms with van der Waals surface area (Å²) in [5, 5.41) is 16.7. The van der Waals surface area contributed by atoms with Crippen LogP contribution in [0.5, 0.6) is 0 Å². The fraction of sp³-hybridized carbons (Fsp3) is 0.333. The Kier molecular flexibility index (Phi) is 4.86. The van der Waals surface area contributed by atoms with Gasteiger partial charge in [0.1, 0.15) is 11.9 Å². The van der Waals surface area contributed by atoms with Crippen molar-refractivity contribution in [1.29, 1.82) is 5.26 Å². The first kappa shape index (κ1) is 17.2. The zero-order chi connectivity index (χ0) is 18.0. The Labute approximate surface area is 150 Å². The lowest BCUT2D eigenvalue weighted by atomic mass is 9.83. The molecule has 1 amide bonds. The van der Waals surface area contributed by atoms with E-state index >= 15 is 0 Å². The smallest absolute Gasteiger partial charge is 0.224 e. The summed E-state index contributed by atoms with van der Waals surface area (Å²) in [4.78, 5) is 22.9. The Balaban J connectivity index is 1.61. The van der Waals surface area contributed by atoms with Crippen molar-refractivity contribution < 1.29 is 9.59 Å². The van der Waals surface area contributed by atoms with Crippen molar-refractivity contribution >= 4 is 23.3 Å². The summed E-state index contributed by atoms with van der Waals surface area (Å²) in [7, 11) is 0. The normalized spacial score (nSPS) is 15.3. The third-order valence-corrected chi connectivity index (χ3v) is 4.51. The topological polar surface area (TPSA) is 87.8 Å². The highest BCUT2D eigenvalue weighted by Crippen LogP contribution is 2.24. The standard InChI is InChI=1S/C18H17ClN4O2/c1-11(21-18(25)14-6-15(24)7-14)10-23-5-4-17(22-23)12-2-3-13(9-20)16(19)8-12/h2-5,8,11,14H,6-7,10H2,1H3,(H,21,25)/t11-/m0/s1. The van der Waals surface area contributed by atoms with Crippen molar-refractivity contribution in [2.75, 3.05) is 0 Å². The van der Waals surface area contributed by atoms with E-state index in [2.05, 4.69) is 10.4 Å². The third-order valence-electron chi connectivity index (χ3n) is 4.19. The number of Topliss-reactive ketones (excluding diaryl/α,β-unsaturated/α-hetero) is 1. The fourth-order valence-corrected chi connectivity index (χ4v) is 2.97. The minimum absolute atomic E-state index is 0.0710. The molecule has 128 valence electrons. The van der Waals surface area contributed by atoms with Gasteiger partial charge in [-0.2, -0.15) is 10.4 Å². The van der Waals surface area contributed by atoms with Crippen molar-refractivity contribution in [3.8, 4) is 17.3 Å². The largest absolute Gasteiger partial charge is 0.352 e. The van der Waals surface area contributed by atoms with E-state index in [0.717, 1.165) is 11.3 Å². The maximum atomic E-state index is 12.0. The molecule has 1 N–H and O–H groups in total. The molecular formula is C18H17ClN4O2. The van der Waals surface area contributed by atoms with Crippen LogP contribution in [0.2, 0.25) is 5.02 Å². The van der Waals surface area contributed by atoms with Crippen LogP contribution in [0.1, 0.15) is 25.3 Å². The Hall–Kier alpha value is -2.65. The molecule has 1 heterocycles.